The molecule has 1 fully saturated rings. The minimum atomic E-state index is 0.749. The van der Waals surface area contributed by atoms with E-state index in [0.29, 0.717) is 0 Å². The molecule has 1 aromatic rings. The van der Waals surface area contributed by atoms with Crippen molar-refractivity contribution in [2.45, 2.75) is 51.0 Å². The number of quaternary nitrogens is 1. The van der Waals surface area contributed by atoms with E-state index in [9.17, 15) is 0 Å². The van der Waals surface area contributed by atoms with Crippen molar-refractivity contribution in [3.05, 3.63) is 35.9 Å². The van der Waals surface area contributed by atoms with Gasteiger partial charge in [-0.1, -0.05) is 37.3 Å². The maximum Gasteiger partial charge on any atom is 0.0928 e. The average molecular weight is 218 g/mol. The van der Waals surface area contributed by atoms with Gasteiger partial charge < -0.3 is 5.32 Å². The second kappa shape index (κ2) is 6.05. The van der Waals surface area contributed by atoms with Gasteiger partial charge in [-0.05, 0) is 37.7 Å². The molecule has 0 aromatic heterocycles. The van der Waals surface area contributed by atoms with E-state index in [1.165, 1.54) is 44.2 Å². The van der Waals surface area contributed by atoms with Crippen LogP contribution in [0, 0.1) is 0 Å². The summed E-state index contributed by atoms with van der Waals surface area (Å²) in [5.41, 5.74) is 1.54. The van der Waals surface area contributed by atoms with Crippen LogP contribution in [-0.2, 0) is 0 Å². The monoisotopic (exact) mass is 218 g/mol. The summed E-state index contributed by atoms with van der Waals surface area (Å²) in [6.45, 7) is 3.66. The van der Waals surface area contributed by atoms with Crippen LogP contribution in [0.3, 0.4) is 0 Å². The lowest BCUT2D eigenvalue weighted by molar-refractivity contribution is -0.691. The van der Waals surface area contributed by atoms with Gasteiger partial charge in [0.15, 0.2) is 0 Å². The molecular formula is C15H24N+. The zero-order valence-electron chi connectivity index (χ0n) is 10.4. The number of hydrogen-bond acceptors (Lipinski definition) is 0. The maximum absolute atomic E-state index is 2.59. The van der Waals surface area contributed by atoms with Gasteiger partial charge in [0.2, 0.25) is 0 Å². The van der Waals surface area contributed by atoms with E-state index in [1.807, 2.05) is 0 Å². The molecule has 0 unspecified atom stereocenters. The minimum absolute atomic E-state index is 0.749. The topological polar surface area (TPSA) is 16.6 Å². The smallest absolute Gasteiger partial charge is 0.0928 e. The Morgan fingerprint density at radius 3 is 2.75 bits per heavy atom. The summed E-state index contributed by atoms with van der Waals surface area (Å²) in [6.07, 6.45) is 6.92. The van der Waals surface area contributed by atoms with E-state index in [0.717, 1.165) is 12.0 Å². The first-order chi connectivity index (χ1) is 7.92. The molecule has 1 aliphatic rings. The highest BCUT2D eigenvalue weighted by atomic mass is 14.9. The van der Waals surface area contributed by atoms with Gasteiger partial charge in [-0.25, -0.2) is 0 Å². The third-order valence-corrected chi connectivity index (χ3v) is 3.90. The molecule has 2 atom stereocenters. The summed E-state index contributed by atoms with van der Waals surface area (Å²) in [5, 5.41) is 2.59. The largest absolute Gasteiger partial charge is 0.343 e. The molecule has 1 aromatic carbocycles. The molecule has 0 spiro atoms. The average Bonchev–Trinajstić information content (AvgIpc) is 2.61. The van der Waals surface area contributed by atoms with Crippen molar-refractivity contribution in [2.75, 3.05) is 6.54 Å². The Hall–Kier alpha value is -0.820. The van der Waals surface area contributed by atoms with Crippen LogP contribution in [0.15, 0.2) is 30.3 Å². The minimum Gasteiger partial charge on any atom is -0.343 e. The van der Waals surface area contributed by atoms with E-state index < -0.39 is 0 Å². The second-order valence-corrected chi connectivity index (χ2v) is 4.96. The van der Waals surface area contributed by atoms with Crippen molar-refractivity contribution in [2.24, 2.45) is 0 Å². The molecule has 0 saturated carbocycles. The molecule has 1 heteroatoms. The summed E-state index contributed by atoms with van der Waals surface area (Å²) >= 11 is 0. The lowest BCUT2D eigenvalue weighted by Crippen LogP contribution is -2.90. The predicted molar refractivity (Wildman–Crippen MR) is 68.5 cm³/mol. The summed E-state index contributed by atoms with van der Waals surface area (Å²) in [4.78, 5) is 0. The van der Waals surface area contributed by atoms with E-state index in [1.54, 1.807) is 0 Å². The van der Waals surface area contributed by atoms with Crippen LogP contribution in [0.5, 0.6) is 0 Å². The Kier molecular flexibility index (Phi) is 4.41. The summed E-state index contributed by atoms with van der Waals surface area (Å²) < 4.78 is 0. The van der Waals surface area contributed by atoms with Crippen LogP contribution >= 0.6 is 0 Å². The van der Waals surface area contributed by atoms with Crippen LogP contribution in [0.4, 0.5) is 0 Å². The van der Waals surface area contributed by atoms with Gasteiger partial charge in [0.25, 0.3) is 0 Å². The Bertz CT molecular complexity index is 286. The van der Waals surface area contributed by atoms with Crippen molar-refractivity contribution in [3.63, 3.8) is 0 Å². The number of benzene rings is 1. The standard InChI is InChI=1S/C15H23N/c1-2-14(13-9-5-3-6-10-13)15-11-7-4-8-12-16-15/h3,5-6,9-10,14-16H,2,4,7-8,11-12H2,1H3/p+1/t14-,15-/m1/s1. The van der Waals surface area contributed by atoms with Gasteiger partial charge in [-0.15, -0.1) is 0 Å². The molecule has 1 heterocycles. The molecule has 1 nitrogen and oxygen atoms in total. The van der Waals surface area contributed by atoms with Crippen LogP contribution < -0.4 is 5.32 Å². The van der Waals surface area contributed by atoms with Gasteiger partial charge in [-0.2, -0.15) is 0 Å². The molecule has 2 rings (SSSR count). The predicted octanol–water partition coefficient (Wildman–Crippen LogP) is 2.69. The van der Waals surface area contributed by atoms with Crippen molar-refractivity contribution in [3.8, 4) is 0 Å². The van der Waals surface area contributed by atoms with E-state index in [4.69, 9.17) is 0 Å². The number of hydrogen-bond donors (Lipinski definition) is 1. The van der Waals surface area contributed by atoms with E-state index >= 15 is 0 Å². The van der Waals surface area contributed by atoms with Crippen molar-refractivity contribution < 1.29 is 5.32 Å². The van der Waals surface area contributed by atoms with Crippen LogP contribution in [0.25, 0.3) is 0 Å². The van der Waals surface area contributed by atoms with Crippen molar-refractivity contribution in [1.82, 2.24) is 0 Å². The molecule has 88 valence electrons. The zero-order chi connectivity index (χ0) is 11.2. The van der Waals surface area contributed by atoms with E-state index in [2.05, 4.69) is 42.6 Å². The molecule has 0 aliphatic carbocycles. The lowest BCUT2D eigenvalue weighted by atomic mass is 9.87. The Morgan fingerprint density at radius 2 is 2.00 bits per heavy atom. The van der Waals surface area contributed by atoms with E-state index in [-0.39, 0.29) is 0 Å². The molecule has 0 amide bonds. The van der Waals surface area contributed by atoms with Crippen LogP contribution in [0.2, 0.25) is 0 Å². The fourth-order valence-electron chi connectivity index (χ4n) is 3.00. The van der Waals surface area contributed by atoms with Gasteiger partial charge in [0, 0.05) is 5.92 Å². The van der Waals surface area contributed by atoms with Crippen LogP contribution in [0.1, 0.15) is 50.5 Å². The van der Waals surface area contributed by atoms with Crippen molar-refractivity contribution in [1.29, 1.82) is 0 Å². The Morgan fingerprint density at radius 1 is 1.19 bits per heavy atom. The molecule has 2 N–H and O–H groups in total. The third-order valence-electron chi connectivity index (χ3n) is 3.90. The molecule has 0 bridgehead atoms. The zero-order valence-corrected chi connectivity index (χ0v) is 10.4. The fourth-order valence-corrected chi connectivity index (χ4v) is 3.00. The van der Waals surface area contributed by atoms with Gasteiger partial charge in [0.05, 0.1) is 12.6 Å². The SMILES string of the molecule is CC[C@H](c1ccccc1)[C@H]1CCCCC[NH2+]1. The van der Waals surface area contributed by atoms with Crippen LogP contribution in [-0.4, -0.2) is 12.6 Å². The molecule has 16 heavy (non-hydrogen) atoms. The molecule has 1 saturated heterocycles. The van der Waals surface area contributed by atoms with Gasteiger partial charge in [0.1, 0.15) is 0 Å². The first-order valence-corrected chi connectivity index (χ1v) is 6.80. The highest BCUT2D eigenvalue weighted by Crippen LogP contribution is 2.25. The quantitative estimate of drug-likeness (QED) is 0.803. The highest BCUT2D eigenvalue weighted by molar-refractivity contribution is 5.20. The summed E-state index contributed by atoms with van der Waals surface area (Å²) in [6, 6.07) is 11.9. The van der Waals surface area contributed by atoms with Gasteiger partial charge >= 0.3 is 0 Å². The first-order valence-electron chi connectivity index (χ1n) is 6.80. The third kappa shape index (κ3) is 2.85. The molecular weight excluding hydrogens is 194 g/mol. The lowest BCUT2D eigenvalue weighted by Gasteiger charge is -2.23. The highest BCUT2D eigenvalue weighted by Gasteiger charge is 2.25. The molecule has 1 aliphatic heterocycles. The summed E-state index contributed by atoms with van der Waals surface area (Å²) in [7, 11) is 0. The Labute approximate surface area is 99.3 Å². The van der Waals surface area contributed by atoms with Gasteiger partial charge in [-0.3, -0.25) is 0 Å². The normalized spacial score (nSPS) is 23.7. The second-order valence-electron chi connectivity index (χ2n) is 4.96. The first kappa shape index (κ1) is 11.7. The Balaban J connectivity index is 2.09. The number of nitrogens with two attached hydrogens (primary N) is 1. The number of rotatable bonds is 3. The maximum atomic E-state index is 2.59. The van der Waals surface area contributed by atoms with Crippen molar-refractivity contribution >= 4 is 0 Å². The summed E-state index contributed by atoms with van der Waals surface area (Å²) in [5.74, 6) is 0.749. The molecule has 0 radical (unpaired) electrons. The fraction of sp³-hybridized carbons (Fsp3) is 0.600.